The normalized spacial score (nSPS) is 10.6. The van der Waals surface area contributed by atoms with Crippen LogP contribution in [0.2, 0.25) is 0 Å². The van der Waals surface area contributed by atoms with Gasteiger partial charge >= 0.3 is 0 Å². The first kappa shape index (κ1) is 14.0. The molecule has 2 aromatic rings. The highest BCUT2D eigenvalue weighted by Gasteiger charge is 2.12. The van der Waals surface area contributed by atoms with Crippen LogP contribution in [0.5, 0.6) is 0 Å². The Morgan fingerprint density at radius 2 is 2.10 bits per heavy atom. The fraction of sp³-hybridized carbons (Fsp3) is 0.286. The Labute approximate surface area is 116 Å². The van der Waals surface area contributed by atoms with E-state index >= 15 is 0 Å². The maximum Gasteiger partial charge on any atom is 0.246 e. The Morgan fingerprint density at radius 3 is 2.65 bits per heavy atom. The molecule has 0 saturated carbocycles. The number of rotatable bonds is 3. The summed E-state index contributed by atoms with van der Waals surface area (Å²) in [5.74, 6) is -0.628. The van der Waals surface area contributed by atoms with Crippen molar-refractivity contribution in [3.63, 3.8) is 0 Å². The van der Waals surface area contributed by atoms with Crippen LogP contribution in [-0.2, 0) is 11.3 Å². The highest BCUT2D eigenvalue weighted by Crippen LogP contribution is 2.16. The number of aromatic nitrogens is 2. The first-order chi connectivity index (χ1) is 9.38. The van der Waals surface area contributed by atoms with Gasteiger partial charge in [-0.3, -0.25) is 9.48 Å². The Bertz CT molecular complexity index is 663. The molecule has 0 aliphatic heterocycles. The average molecular weight is 276 g/mol. The lowest BCUT2D eigenvalue weighted by molar-refractivity contribution is -0.116. The van der Waals surface area contributed by atoms with Crippen LogP contribution in [0, 0.1) is 26.6 Å². The predicted octanol–water partition coefficient (Wildman–Crippen LogP) is 2.17. The van der Waals surface area contributed by atoms with Crippen molar-refractivity contribution in [2.45, 2.75) is 27.3 Å². The van der Waals surface area contributed by atoms with Crippen LogP contribution in [-0.4, -0.2) is 15.7 Å². The third-order valence-corrected chi connectivity index (χ3v) is 3.19. The summed E-state index contributed by atoms with van der Waals surface area (Å²) in [6.45, 7) is 5.29. The molecule has 5 nitrogen and oxygen atoms in total. The van der Waals surface area contributed by atoms with Crippen LogP contribution < -0.4 is 11.1 Å². The molecule has 2 rings (SSSR count). The lowest BCUT2D eigenvalue weighted by Crippen LogP contribution is -2.20. The quantitative estimate of drug-likeness (QED) is 0.902. The Balaban J connectivity index is 2.09. The molecule has 1 amide bonds. The number of nitrogen functional groups attached to an aromatic ring is 1. The van der Waals surface area contributed by atoms with E-state index in [1.807, 2.05) is 0 Å². The number of hydrogen-bond acceptors (Lipinski definition) is 3. The van der Waals surface area contributed by atoms with Gasteiger partial charge in [0.2, 0.25) is 5.91 Å². The van der Waals surface area contributed by atoms with Crippen molar-refractivity contribution in [2.24, 2.45) is 0 Å². The molecule has 0 fully saturated rings. The molecule has 6 heteroatoms. The van der Waals surface area contributed by atoms with Gasteiger partial charge in [-0.2, -0.15) is 5.10 Å². The van der Waals surface area contributed by atoms with E-state index in [2.05, 4.69) is 10.4 Å². The van der Waals surface area contributed by atoms with Gasteiger partial charge in [0, 0.05) is 5.69 Å². The van der Waals surface area contributed by atoms with Gasteiger partial charge < -0.3 is 11.1 Å². The number of benzene rings is 1. The van der Waals surface area contributed by atoms with Crippen molar-refractivity contribution in [1.82, 2.24) is 9.78 Å². The largest absolute Gasteiger partial charge is 0.396 e. The fourth-order valence-corrected chi connectivity index (χ4v) is 1.87. The number of anilines is 2. The smallest absolute Gasteiger partial charge is 0.246 e. The average Bonchev–Trinajstić information content (AvgIpc) is 2.61. The molecule has 20 heavy (non-hydrogen) atoms. The monoisotopic (exact) mass is 276 g/mol. The van der Waals surface area contributed by atoms with E-state index < -0.39 is 0 Å². The molecule has 0 atom stereocenters. The van der Waals surface area contributed by atoms with E-state index in [4.69, 9.17) is 5.73 Å². The standard InChI is InChI=1S/C14H17FN4O/c1-8-4-5-11(6-12(8)15)17-13(20)7-19-10(3)14(16)9(2)18-19/h4-6H,7,16H2,1-3H3,(H,17,20). The number of carbonyl (C=O) groups is 1. The van der Waals surface area contributed by atoms with E-state index in [1.165, 1.54) is 10.7 Å². The third-order valence-electron chi connectivity index (χ3n) is 3.19. The van der Waals surface area contributed by atoms with Gasteiger partial charge in [0.1, 0.15) is 12.4 Å². The van der Waals surface area contributed by atoms with Gasteiger partial charge in [0.15, 0.2) is 0 Å². The van der Waals surface area contributed by atoms with Crippen LogP contribution >= 0.6 is 0 Å². The number of aryl methyl sites for hydroxylation is 2. The molecule has 0 aliphatic rings. The molecule has 0 radical (unpaired) electrons. The van der Waals surface area contributed by atoms with Crippen molar-refractivity contribution in [3.05, 3.63) is 41.0 Å². The first-order valence-electron chi connectivity index (χ1n) is 6.24. The topological polar surface area (TPSA) is 72.9 Å². The predicted molar refractivity (Wildman–Crippen MR) is 75.9 cm³/mol. The minimum Gasteiger partial charge on any atom is -0.396 e. The van der Waals surface area contributed by atoms with E-state index in [9.17, 15) is 9.18 Å². The van der Waals surface area contributed by atoms with E-state index in [0.717, 1.165) is 5.69 Å². The molecule has 1 aromatic heterocycles. The number of halogens is 1. The van der Waals surface area contributed by atoms with Gasteiger partial charge in [-0.1, -0.05) is 6.07 Å². The summed E-state index contributed by atoms with van der Waals surface area (Å²) in [6.07, 6.45) is 0. The van der Waals surface area contributed by atoms with Crippen LogP contribution in [0.4, 0.5) is 15.8 Å². The summed E-state index contributed by atoms with van der Waals surface area (Å²) in [6, 6.07) is 4.57. The minimum atomic E-state index is -0.349. The Hall–Kier alpha value is -2.37. The molecule has 1 aromatic carbocycles. The van der Waals surface area contributed by atoms with Crippen molar-refractivity contribution in [1.29, 1.82) is 0 Å². The number of nitrogens with two attached hydrogens (primary N) is 1. The van der Waals surface area contributed by atoms with Crippen LogP contribution in [0.25, 0.3) is 0 Å². The minimum absolute atomic E-state index is 0.0410. The summed E-state index contributed by atoms with van der Waals surface area (Å²) in [5, 5.41) is 6.81. The first-order valence-corrected chi connectivity index (χ1v) is 6.24. The molecule has 0 bridgehead atoms. The maximum absolute atomic E-state index is 13.4. The van der Waals surface area contributed by atoms with Crippen LogP contribution in [0.15, 0.2) is 18.2 Å². The summed E-state index contributed by atoms with van der Waals surface area (Å²) >= 11 is 0. The molecule has 0 saturated heterocycles. The van der Waals surface area contributed by atoms with Crippen molar-refractivity contribution < 1.29 is 9.18 Å². The number of nitrogens with one attached hydrogen (secondary N) is 1. The molecular weight excluding hydrogens is 259 g/mol. The van der Waals surface area contributed by atoms with E-state index in [-0.39, 0.29) is 18.3 Å². The van der Waals surface area contributed by atoms with Crippen LogP contribution in [0.3, 0.4) is 0 Å². The Morgan fingerprint density at radius 1 is 1.40 bits per heavy atom. The highest BCUT2D eigenvalue weighted by atomic mass is 19.1. The van der Waals surface area contributed by atoms with Crippen molar-refractivity contribution in [3.8, 4) is 0 Å². The number of nitrogens with zero attached hydrogens (tertiary/aromatic N) is 2. The Kier molecular flexibility index (Phi) is 3.74. The molecule has 0 spiro atoms. The van der Waals surface area contributed by atoms with Gasteiger partial charge in [0.05, 0.1) is 17.1 Å². The molecule has 0 aliphatic carbocycles. The van der Waals surface area contributed by atoms with Crippen molar-refractivity contribution >= 4 is 17.3 Å². The molecule has 106 valence electrons. The third kappa shape index (κ3) is 2.79. The zero-order chi connectivity index (χ0) is 14.9. The zero-order valence-corrected chi connectivity index (χ0v) is 11.7. The summed E-state index contributed by atoms with van der Waals surface area (Å²) < 4.78 is 14.9. The zero-order valence-electron chi connectivity index (χ0n) is 11.7. The van der Waals surface area contributed by atoms with E-state index in [1.54, 1.807) is 32.9 Å². The van der Waals surface area contributed by atoms with Gasteiger partial charge in [0.25, 0.3) is 0 Å². The van der Waals surface area contributed by atoms with Crippen LogP contribution in [0.1, 0.15) is 17.0 Å². The highest BCUT2D eigenvalue weighted by molar-refractivity contribution is 5.90. The fourth-order valence-electron chi connectivity index (χ4n) is 1.87. The van der Waals surface area contributed by atoms with E-state index in [0.29, 0.717) is 22.6 Å². The van der Waals surface area contributed by atoms with Gasteiger partial charge in [-0.25, -0.2) is 4.39 Å². The van der Waals surface area contributed by atoms with Crippen molar-refractivity contribution in [2.75, 3.05) is 11.1 Å². The van der Waals surface area contributed by atoms with Gasteiger partial charge in [-0.05, 0) is 38.5 Å². The number of amides is 1. The second kappa shape index (κ2) is 5.32. The summed E-state index contributed by atoms with van der Waals surface area (Å²) in [4.78, 5) is 11.9. The SMILES string of the molecule is Cc1ccc(NC(=O)Cn2nc(C)c(N)c2C)cc1F. The number of carbonyl (C=O) groups excluding carboxylic acids is 1. The van der Waals surface area contributed by atoms with Gasteiger partial charge in [-0.15, -0.1) is 0 Å². The molecule has 0 unspecified atom stereocenters. The molecule has 3 N–H and O–H groups in total. The lowest BCUT2D eigenvalue weighted by atomic mass is 10.2. The summed E-state index contributed by atoms with van der Waals surface area (Å²) in [5.41, 5.74) is 8.78. The molecule has 1 heterocycles. The number of hydrogen-bond donors (Lipinski definition) is 2. The summed E-state index contributed by atoms with van der Waals surface area (Å²) in [7, 11) is 0. The molecular formula is C14H17FN4O. The second-order valence-electron chi connectivity index (χ2n) is 4.75. The maximum atomic E-state index is 13.4. The second-order valence-corrected chi connectivity index (χ2v) is 4.75. The lowest BCUT2D eigenvalue weighted by Gasteiger charge is -2.07.